The van der Waals surface area contributed by atoms with Gasteiger partial charge in [0.25, 0.3) is 0 Å². The van der Waals surface area contributed by atoms with Crippen molar-refractivity contribution in [1.82, 2.24) is 9.47 Å². The first-order valence-corrected chi connectivity index (χ1v) is 9.53. The lowest BCUT2D eigenvalue weighted by Gasteiger charge is -2.31. The molecule has 0 aliphatic carbocycles. The summed E-state index contributed by atoms with van der Waals surface area (Å²) in [5.74, 6) is 0. The van der Waals surface area contributed by atoms with E-state index in [1.807, 2.05) is 31.7 Å². The molecule has 4 heteroatoms. The third-order valence-corrected chi connectivity index (χ3v) is 5.00. The van der Waals surface area contributed by atoms with E-state index in [-0.39, 0.29) is 6.09 Å². The van der Waals surface area contributed by atoms with Gasteiger partial charge in [0.15, 0.2) is 0 Å². The molecule has 1 aromatic heterocycles. The van der Waals surface area contributed by atoms with Crippen molar-refractivity contribution in [2.24, 2.45) is 0 Å². The summed E-state index contributed by atoms with van der Waals surface area (Å²) in [6, 6.07) is 19.0. The van der Waals surface area contributed by atoms with Crippen LogP contribution in [0.15, 0.2) is 54.6 Å². The molecule has 1 aliphatic heterocycles. The first-order chi connectivity index (χ1) is 12.9. The molecule has 4 nitrogen and oxygen atoms in total. The number of hydrogen-bond donors (Lipinski definition) is 0. The lowest BCUT2D eigenvalue weighted by molar-refractivity contribution is 0.0220. The zero-order chi connectivity index (χ0) is 19.0. The molecule has 2 aromatic carbocycles. The van der Waals surface area contributed by atoms with E-state index in [0.29, 0.717) is 13.1 Å². The summed E-state index contributed by atoms with van der Waals surface area (Å²) in [5.41, 5.74) is 4.60. The molecule has 4 rings (SSSR count). The van der Waals surface area contributed by atoms with Gasteiger partial charge >= 0.3 is 6.09 Å². The summed E-state index contributed by atoms with van der Waals surface area (Å²) in [5, 5.41) is 1.30. The normalized spacial score (nSPS) is 14.3. The highest BCUT2D eigenvalue weighted by atomic mass is 16.6. The van der Waals surface area contributed by atoms with Gasteiger partial charge in [-0.25, -0.2) is 4.79 Å². The minimum atomic E-state index is -0.478. The van der Waals surface area contributed by atoms with E-state index >= 15 is 0 Å². The monoisotopic (exact) mass is 362 g/mol. The second-order valence-corrected chi connectivity index (χ2v) is 8.17. The van der Waals surface area contributed by atoms with Crippen LogP contribution in [0.5, 0.6) is 0 Å². The molecule has 0 unspecified atom stereocenters. The number of rotatable bonds is 2. The SMILES string of the molecule is CC(C)(C)OC(=O)N1CCc2c(n(Cc3ccccc3)c3ccccc23)C1. The highest BCUT2D eigenvalue weighted by Crippen LogP contribution is 2.32. The van der Waals surface area contributed by atoms with Crippen molar-refractivity contribution in [2.45, 2.75) is 45.9 Å². The average Bonchev–Trinajstić information content (AvgIpc) is 2.95. The number of amides is 1. The molecule has 140 valence electrons. The van der Waals surface area contributed by atoms with Crippen LogP contribution in [0.25, 0.3) is 10.9 Å². The van der Waals surface area contributed by atoms with Gasteiger partial charge in [-0.15, -0.1) is 0 Å². The Kier molecular flexibility index (Phi) is 4.42. The summed E-state index contributed by atoms with van der Waals surface area (Å²) in [6.45, 7) is 7.82. The number of fused-ring (bicyclic) bond motifs is 3. The van der Waals surface area contributed by atoms with Crippen LogP contribution in [0.1, 0.15) is 37.6 Å². The van der Waals surface area contributed by atoms with Gasteiger partial charge < -0.3 is 14.2 Å². The molecule has 0 spiro atoms. The van der Waals surface area contributed by atoms with Crippen LogP contribution < -0.4 is 0 Å². The highest BCUT2D eigenvalue weighted by Gasteiger charge is 2.29. The van der Waals surface area contributed by atoms with Gasteiger partial charge in [-0.3, -0.25) is 0 Å². The molecule has 1 amide bonds. The Morgan fingerprint density at radius 2 is 1.74 bits per heavy atom. The second kappa shape index (κ2) is 6.76. The zero-order valence-electron chi connectivity index (χ0n) is 16.2. The van der Waals surface area contributed by atoms with E-state index < -0.39 is 5.60 Å². The van der Waals surface area contributed by atoms with Crippen LogP contribution in [-0.2, 0) is 24.2 Å². The number of carbonyl (C=O) groups is 1. The summed E-state index contributed by atoms with van der Waals surface area (Å²) >= 11 is 0. The molecule has 0 fully saturated rings. The summed E-state index contributed by atoms with van der Waals surface area (Å²) in [4.78, 5) is 14.4. The van der Waals surface area contributed by atoms with Gasteiger partial charge in [0.1, 0.15) is 5.60 Å². The minimum Gasteiger partial charge on any atom is -0.444 e. The average molecular weight is 362 g/mol. The van der Waals surface area contributed by atoms with Crippen molar-refractivity contribution < 1.29 is 9.53 Å². The first kappa shape index (κ1) is 17.7. The molecule has 0 bridgehead atoms. The van der Waals surface area contributed by atoms with Crippen molar-refractivity contribution in [3.63, 3.8) is 0 Å². The van der Waals surface area contributed by atoms with E-state index in [1.165, 1.54) is 27.7 Å². The van der Waals surface area contributed by atoms with Crippen LogP contribution in [-0.4, -0.2) is 27.7 Å². The number of benzene rings is 2. The fourth-order valence-electron chi connectivity index (χ4n) is 3.82. The van der Waals surface area contributed by atoms with Gasteiger partial charge in [-0.2, -0.15) is 0 Å². The highest BCUT2D eigenvalue weighted by molar-refractivity contribution is 5.86. The third kappa shape index (κ3) is 3.57. The maximum Gasteiger partial charge on any atom is 0.410 e. The number of nitrogens with zero attached hydrogens (tertiary/aromatic N) is 2. The minimum absolute atomic E-state index is 0.232. The standard InChI is InChI=1S/C23H26N2O2/c1-23(2,3)27-22(26)24-14-13-19-18-11-7-8-12-20(18)25(21(19)16-24)15-17-9-5-4-6-10-17/h4-12H,13-16H2,1-3H3. The molecule has 3 aromatic rings. The van der Waals surface area contributed by atoms with Gasteiger partial charge in [0.05, 0.1) is 6.54 Å². The molecular weight excluding hydrogens is 336 g/mol. The molecule has 2 heterocycles. The summed E-state index contributed by atoms with van der Waals surface area (Å²) in [7, 11) is 0. The van der Waals surface area contributed by atoms with Crippen molar-refractivity contribution in [3.05, 3.63) is 71.4 Å². The number of ether oxygens (including phenoxy) is 1. The van der Waals surface area contributed by atoms with Crippen LogP contribution in [0.2, 0.25) is 0 Å². The molecular formula is C23H26N2O2. The quantitative estimate of drug-likeness (QED) is 0.644. The fraction of sp³-hybridized carbons (Fsp3) is 0.348. The Labute approximate surface area is 160 Å². The first-order valence-electron chi connectivity index (χ1n) is 9.53. The maximum atomic E-state index is 12.6. The van der Waals surface area contributed by atoms with Gasteiger partial charge in [0.2, 0.25) is 0 Å². The van der Waals surface area contributed by atoms with E-state index in [1.54, 1.807) is 0 Å². The molecule has 0 atom stereocenters. The Morgan fingerprint density at radius 1 is 1.04 bits per heavy atom. The van der Waals surface area contributed by atoms with Gasteiger partial charge in [-0.05, 0) is 44.4 Å². The van der Waals surface area contributed by atoms with E-state index in [2.05, 4.69) is 53.1 Å². The van der Waals surface area contributed by atoms with Gasteiger partial charge in [-0.1, -0.05) is 48.5 Å². The van der Waals surface area contributed by atoms with E-state index in [9.17, 15) is 4.79 Å². The topological polar surface area (TPSA) is 34.5 Å². The summed E-state index contributed by atoms with van der Waals surface area (Å²) in [6.07, 6.45) is 0.626. The number of aromatic nitrogens is 1. The molecule has 0 saturated carbocycles. The number of para-hydroxylation sites is 1. The smallest absolute Gasteiger partial charge is 0.410 e. The zero-order valence-corrected chi connectivity index (χ0v) is 16.2. The van der Waals surface area contributed by atoms with Crippen molar-refractivity contribution >= 4 is 17.0 Å². The lowest BCUT2D eigenvalue weighted by Crippen LogP contribution is -2.40. The molecule has 0 N–H and O–H groups in total. The van der Waals surface area contributed by atoms with Crippen LogP contribution in [0.4, 0.5) is 4.79 Å². The fourth-order valence-corrected chi connectivity index (χ4v) is 3.82. The van der Waals surface area contributed by atoms with Crippen molar-refractivity contribution in [3.8, 4) is 0 Å². The van der Waals surface area contributed by atoms with E-state index in [0.717, 1.165) is 13.0 Å². The van der Waals surface area contributed by atoms with Gasteiger partial charge in [0, 0.05) is 29.7 Å². The Morgan fingerprint density at radius 3 is 2.48 bits per heavy atom. The Bertz CT molecular complexity index is 967. The predicted octanol–water partition coefficient (Wildman–Crippen LogP) is 4.98. The molecule has 27 heavy (non-hydrogen) atoms. The molecule has 1 aliphatic rings. The second-order valence-electron chi connectivity index (χ2n) is 8.17. The third-order valence-electron chi connectivity index (χ3n) is 5.00. The molecule has 0 radical (unpaired) electrons. The van der Waals surface area contributed by atoms with Crippen molar-refractivity contribution in [2.75, 3.05) is 6.54 Å². The largest absolute Gasteiger partial charge is 0.444 e. The van der Waals surface area contributed by atoms with Crippen LogP contribution in [0, 0.1) is 0 Å². The Balaban J connectivity index is 1.72. The van der Waals surface area contributed by atoms with Crippen LogP contribution in [0.3, 0.4) is 0 Å². The van der Waals surface area contributed by atoms with Crippen molar-refractivity contribution in [1.29, 1.82) is 0 Å². The lowest BCUT2D eigenvalue weighted by atomic mass is 10.0. The predicted molar refractivity (Wildman–Crippen MR) is 108 cm³/mol. The number of carbonyl (C=O) groups excluding carboxylic acids is 1. The maximum absolute atomic E-state index is 12.6. The van der Waals surface area contributed by atoms with Crippen LogP contribution >= 0.6 is 0 Å². The van der Waals surface area contributed by atoms with E-state index in [4.69, 9.17) is 4.74 Å². The number of hydrogen-bond acceptors (Lipinski definition) is 2. The Hall–Kier alpha value is -2.75. The molecule has 0 saturated heterocycles. The summed E-state index contributed by atoms with van der Waals surface area (Å²) < 4.78 is 7.96.